The number of amides is 1. The van der Waals surface area contributed by atoms with Crippen LogP contribution < -0.4 is 11.1 Å². The number of rotatable bonds is 5. The molecule has 1 aliphatic carbocycles. The van der Waals surface area contributed by atoms with E-state index in [1.807, 2.05) is 6.07 Å². The van der Waals surface area contributed by atoms with Gasteiger partial charge in [0.2, 0.25) is 0 Å². The topological polar surface area (TPSA) is 100 Å². The van der Waals surface area contributed by atoms with Crippen molar-refractivity contribution in [1.29, 1.82) is 5.26 Å². The molecule has 0 atom stereocenters. The zero-order valence-corrected chi connectivity index (χ0v) is 11.7. The van der Waals surface area contributed by atoms with Gasteiger partial charge in [0.25, 0.3) is 5.91 Å². The van der Waals surface area contributed by atoms with Gasteiger partial charge in [0.1, 0.15) is 5.84 Å². The third kappa shape index (κ3) is 4.49. The zero-order chi connectivity index (χ0) is 15.1. The van der Waals surface area contributed by atoms with Gasteiger partial charge in [0.15, 0.2) is 6.61 Å². The first-order valence-corrected chi connectivity index (χ1v) is 6.94. The van der Waals surface area contributed by atoms with E-state index in [4.69, 9.17) is 15.8 Å². The van der Waals surface area contributed by atoms with Gasteiger partial charge in [0.05, 0.1) is 11.6 Å². The van der Waals surface area contributed by atoms with Crippen LogP contribution in [0.5, 0.6) is 0 Å². The Balaban J connectivity index is 1.76. The van der Waals surface area contributed by atoms with Gasteiger partial charge in [-0.15, -0.1) is 0 Å². The number of oxime groups is 1. The molecule has 0 aliphatic heterocycles. The van der Waals surface area contributed by atoms with E-state index in [0.29, 0.717) is 17.1 Å². The number of nitrogens with two attached hydrogens (primary N) is 1. The molecular formula is C15H18N4O2. The number of nitriles is 1. The fraction of sp³-hybridized carbons (Fsp3) is 0.400. The molecule has 110 valence electrons. The number of amidine groups is 1. The maximum atomic E-state index is 11.7. The molecule has 1 fully saturated rings. The Morgan fingerprint density at radius 1 is 1.38 bits per heavy atom. The molecule has 1 aromatic rings. The summed E-state index contributed by atoms with van der Waals surface area (Å²) in [5.41, 5.74) is 6.96. The van der Waals surface area contributed by atoms with Gasteiger partial charge in [0, 0.05) is 11.6 Å². The number of carbonyl (C=O) groups is 1. The normalized spacial score (nSPS) is 15.5. The van der Waals surface area contributed by atoms with Crippen molar-refractivity contribution in [2.24, 2.45) is 16.8 Å². The van der Waals surface area contributed by atoms with Crippen LogP contribution in [0.2, 0.25) is 0 Å². The first-order chi connectivity index (χ1) is 10.2. The minimum absolute atomic E-state index is 0.187. The van der Waals surface area contributed by atoms with Gasteiger partial charge in [-0.05, 0) is 37.1 Å². The molecule has 1 aliphatic rings. The second-order valence-electron chi connectivity index (χ2n) is 5.01. The minimum Gasteiger partial charge on any atom is -0.384 e. The molecule has 0 saturated heterocycles. The molecule has 0 heterocycles. The molecule has 0 spiro atoms. The Morgan fingerprint density at radius 3 is 2.67 bits per heavy atom. The van der Waals surface area contributed by atoms with Crippen LogP contribution in [0.15, 0.2) is 29.4 Å². The maximum absolute atomic E-state index is 11.7. The van der Waals surface area contributed by atoms with Crippen molar-refractivity contribution in [3.8, 4) is 6.07 Å². The average molecular weight is 286 g/mol. The van der Waals surface area contributed by atoms with Gasteiger partial charge < -0.3 is 15.9 Å². The third-order valence-electron chi connectivity index (χ3n) is 3.44. The van der Waals surface area contributed by atoms with Crippen LogP contribution in [0.3, 0.4) is 0 Å². The Kier molecular flexibility index (Phi) is 5.16. The number of hydrogen-bond donors (Lipinski definition) is 2. The van der Waals surface area contributed by atoms with Crippen LogP contribution in [-0.4, -0.2) is 18.3 Å². The molecule has 0 unspecified atom stereocenters. The van der Waals surface area contributed by atoms with E-state index < -0.39 is 0 Å². The molecule has 6 heteroatoms. The van der Waals surface area contributed by atoms with Crippen LogP contribution >= 0.6 is 0 Å². The van der Waals surface area contributed by atoms with Crippen LogP contribution in [-0.2, 0) is 9.63 Å². The summed E-state index contributed by atoms with van der Waals surface area (Å²) >= 11 is 0. The fourth-order valence-corrected chi connectivity index (χ4v) is 2.29. The SMILES string of the molecule is N#Cc1ccc(NC(=O)CO/N=C(\N)C2CCCC2)cc1. The molecule has 6 nitrogen and oxygen atoms in total. The molecule has 21 heavy (non-hydrogen) atoms. The highest BCUT2D eigenvalue weighted by molar-refractivity contribution is 5.91. The van der Waals surface area contributed by atoms with Crippen molar-refractivity contribution in [2.75, 3.05) is 11.9 Å². The first kappa shape index (κ1) is 14.9. The highest BCUT2D eigenvalue weighted by atomic mass is 16.6. The van der Waals surface area contributed by atoms with Crippen molar-refractivity contribution in [3.63, 3.8) is 0 Å². The van der Waals surface area contributed by atoms with Crippen molar-refractivity contribution < 1.29 is 9.63 Å². The van der Waals surface area contributed by atoms with E-state index in [1.54, 1.807) is 24.3 Å². The van der Waals surface area contributed by atoms with Crippen LogP contribution in [0.1, 0.15) is 31.2 Å². The second kappa shape index (κ2) is 7.29. The van der Waals surface area contributed by atoms with E-state index in [2.05, 4.69) is 10.5 Å². The third-order valence-corrected chi connectivity index (χ3v) is 3.44. The molecule has 2 rings (SSSR count). The lowest BCUT2D eigenvalue weighted by Crippen LogP contribution is -2.23. The summed E-state index contributed by atoms with van der Waals surface area (Å²) < 4.78 is 0. The van der Waals surface area contributed by atoms with Gasteiger partial charge >= 0.3 is 0 Å². The van der Waals surface area contributed by atoms with Gasteiger partial charge in [-0.25, -0.2) is 0 Å². The van der Waals surface area contributed by atoms with Gasteiger partial charge in [-0.3, -0.25) is 4.79 Å². The van der Waals surface area contributed by atoms with E-state index in [1.165, 1.54) is 12.8 Å². The molecule has 1 saturated carbocycles. The Labute approximate surface area is 123 Å². The maximum Gasteiger partial charge on any atom is 0.265 e. The van der Waals surface area contributed by atoms with E-state index in [9.17, 15) is 4.79 Å². The standard InChI is InChI=1S/C15H18N4O2/c16-9-11-5-7-13(8-6-11)18-14(20)10-21-19-15(17)12-3-1-2-4-12/h5-8,12H,1-4,10H2,(H2,17,19)(H,18,20). The smallest absolute Gasteiger partial charge is 0.265 e. The highest BCUT2D eigenvalue weighted by Gasteiger charge is 2.19. The number of hydrogen-bond acceptors (Lipinski definition) is 4. The molecular weight excluding hydrogens is 268 g/mol. The van der Waals surface area contributed by atoms with Crippen molar-refractivity contribution in [3.05, 3.63) is 29.8 Å². The van der Waals surface area contributed by atoms with E-state index in [-0.39, 0.29) is 18.4 Å². The summed E-state index contributed by atoms with van der Waals surface area (Å²) in [7, 11) is 0. The average Bonchev–Trinajstić information content (AvgIpc) is 3.02. The number of nitrogens with one attached hydrogen (secondary N) is 1. The Hall–Kier alpha value is -2.55. The van der Waals surface area contributed by atoms with Crippen molar-refractivity contribution in [2.45, 2.75) is 25.7 Å². The molecule has 0 bridgehead atoms. The number of benzene rings is 1. The lowest BCUT2D eigenvalue weighted by molar-refractivity contribution is -0.120. The number of nitrogens with zero attached hydrogens (tertiary/aromatic N) is 2. The van der Waals surface area contributed by atoms with Crippen LogP contribution in [0.25, 0.3) is 0 Å². The van der Waals surface area contributed by atoms with Crippen LogP contribution in [0.4, 0.5) is 5.69 Å². The molecule has 0 aromatic heterocycles. The number of carbonyl (C=O) groups excluding carboxylic acids is 1. The first-order valence-electron chi connectivity index (χ1n) is 6.94. The summed E-state index contributed by atoms with van der Waals surface area (Å²) in [6.45, 7) is -0.187. The van der Waals surface area contributed by atoms with Crippen molar-refractivity contribution >= 4 is 17.4 Å². The highest BCUT2D eigenvalue weighted by Crippen LogP contribution is 2.24. The van der Waals surface area contributed by atoms with E-state index >= 15 is 0 Å². The summed E-state index contributed by atoms with van der Waals surface area (Å²) in [6.07, 6.45) is 4.41. The molecule has 3 N–H and O–H groups in total. The predicted octanol–water partition coefficient (Wildman–Crippen LogP) is 1.98. The molecule has 0 radical (unpaired) electrons. The lowest BCUT2D eigenvalue weighted by atomic mass is 10.1. The summed E-state index contributed by atoms with van der Waals surface area (Å²) in [5, 5.41) is 15.1. The molecule has 1 amide bonds. The monoisotopic (exact) mass is 286 g/mol. The minimum atomic E-state index is -0.317. The van der Waals surface area contributed by atoms with E-state index in [0.717, 1.165) is 12.8 Å². The summed E-state index contributed by atoms with van der Waals surface area (Å²) in [5.74, 6) is 0.438. The zero-order valence-electron chi connectivity index (χ0n) is 11.7. The number of anilines is 1. The van der Waals surface area contributed by atoms with Gasteiger partial charge in [-0.2, -0.15) is 5.26 Å². The Bertz CT molecular complexity index is 554. The summed E-state index contributed by atoms with van der Waals surface area (Å²) in [4.78, 5) is 16.6. The predicted molar refractivity (Wildman–Crippen MR) is 79.3 cm³/mol. The molecule has 1 aromatic carbocycles. The van der Waals surface area contributed by atoms with Crippen LogP contribution in [0, 0.1) is 17.2 Å². The van der Waals surface area contributed by atoms with Gasteiger partial charge in [-0.1, -0.05) is 18.0 Å². The van der Waals surface area contributed by atoms with Crippen molar-refractivity contribution in [1.82, 2.24) is 0 Å². The second-order valence-corrected chi connectivity index (χ2v) is 5.01. The summed E-state index contributed by atoms with van der Waals surface area (Å²) in [6, 6.07) is 8.59. The largest absolute Gasteiger partial charge is 0.384 e. The lowest BCUT2D eigenvalue weighted by Gasteiger charge is -2.08. The Morgan fingerprint density at radius 2 is 2.05 bits per heavy atom. The fourth-order valence-electron chi connectivity index (χ4n) is 2.29. The quantitative estimate of drug-likeness (QED) is 0.491.